The molecule has 10 heavy (non-hydrogen) atoms. The molecule has 0 radical (unpaired) electrons. The van der Waals surface area contributed by atoms with Gasteiger partial charge in [0.15, 0.2) is 0 Å². The van der Waals surface area contributed by atoms with E-state index in [9.17, 15) is 0 Å². The summed E-state index contributed by atoms with van der Waals surface area (Å²) in [5.41, 5.74) is 0. The molecule has 0 aliphatic carbocycles. The van der Waals surface area contributed by atoms with Crippen molar-refractivity contribution >= 4 is 0 Å². The van der Waals surface area contributed by atoms with Gasteiger partial charge in [0.25, 0.3) is 0 Å². The summed E-state index contributed by atoms with van der Waals surface area (Å²) >= 11 is 0. The highest BCUT2D eigenvalue weighted by molar-refractivity contribution is 4.88. The monoisotopic (exact) mass is 142 g/mol. The minimum absolute atomic E-state index is 0.222. The first kappa shape index (κ1) is 7.24. The fourth-order valence-electron chi connectivity index (χ4n) is 0.697. The Kier molecular flexibility index (Phi) is 2.42. The third-order valence-corrected chi connectivity index (χ3v) is 1.19. The lowest BCUT2D eigenvalue weighted by Crippen LogP contribution is -2.15. The molecule has 0 aliphatic heterocycles. The fraction of sp³-hybridized carbons (Fsp3) is 0.500. The molecule has 0 saturated carbocycles. The minimum atomic E-state index is -0.703. The van der Waals surface area contributed by atoms with E-state index in [0.29, 0.717) is 12.2 Å². The van der Waals surface area contributed by atoms with Crippen LogP contribution in [0.25, 0.3) is 0 Å². The van der Waals surface area contributed by atoms with Gasteiger partial charge < -0.3 is 15.2 Å². The molecule has 4 heteroatoms. The Balaban J connectivity index is 2.40. The highest BCUT2D eigenvalue weighted by atomic mass is 16.3. The number of hydrogen-bond donors (Lipinski definition) is 3. The van der Waals surface area contributed by atoms with Crippen molar-refractivity contribution in [2.24, 2.45) is 0 Å². The molecule has 1 atom stereocenters. The summed E-state index contributed by atoms with van der Waals surface area (Å²) in [6.07, 6.45) is 2.97. The molecular weight excluding hydrogens is 132 g/mol. The standard InChI is InChI=1S/C6H10N2O2/c9-4-5(10)3-6-7-1-2-8-6/h1-2,5,9-10H,3-4H2,(H,7,8). The molecule has 1 unspecified atom stereocenters. The lowest BCUT2D eigenvalue weighted by molar-refractivity contribution is 0.0940. The van der Waals surface area contributed by atoms with Crippen molar-refractivity contribution in [3.63, 3.8) is 0 Å². The van der Waals surface area contributed by atoms with Crippen LogP contribution in [0.5, 0.6) is 0 Å². The number of aliphatic hydroxyl groups is 2. The van der Waals surface area contributed by atoms with E-state index in [0.717, 1.165) is 0 Å². The maximum atomic E-state index is 8.92. The van der Waals surface area contributed by atoms with Crippen LogP contribution in [0.4, 0.5) is 0 Å². The van der Waals surface area contributed by atoms with Gasteiger partial charge in [-0.1, -0.05) is 0 Å². The first-order valence-corrected chi connectivity index (χ1v) is 3.10. The van der Waals surface area contributed by atoms with Gasteiger partial charge in [-0.2, -0.15) is 0 Å². The van der Waals surface area contributed by atoms with Gasteiger partial charge in [0.1, 0.15) is 5.82 Å². The number of imidazole rings is 1. The van der Waals surface area contributed by atoms with E-state index < -0.39 is 6.10 Å². The van der Waals surface area contributed by atoms with Gasteiger partial charge in [0.05, 0.1) is 12.7 Å². The largest absolute Gasteiger partial charge is 0.394 e. The normalized spacial score (nSPS) is 13.4. The molecule has 0 fully saturated rings. The van der Waals surface area contributed by atoms with Gasteiger partial charge in [-0.15, -0.1) is 0 Å². The SMILES string of the molecule is OCC(O)Cc1ncc[nH]1. The summed E-state index contributed by atoms with van der Waals surface area (Å²) in [6.45, 7) is -0.222. The second-order valence-electron chi connectivity index (χ2n) is 2.08. The highest BCUT2D eigenvalue weighted by Crippen LogP contribution is 1.94. The van der Waals surface area contributed by atoms with Gasteiger partial charge in [-0.05, 0) is 0 Å². The maximum absolute atomic E-state index is 8.92. The van der Waals surface area contributed by atoms with E-state index >= 15 is 0 Å². The highest BCUT2D eigenvalue weighted by Gasteiger charge is 2.03. The van der Waals surface area contributed by atoms with Gasteiger partial charge in [-0.25, -0.2) is 4.98 Å². The van der Waals surface area contributed by atoms with Gasteiger partial charge >= 0.3 is 0 Å². The molecule has 0 aliphatic rings. The zero-order chi connectivity index (χ0) is 7.40. The van der Waals surface area contributed by atoms with Gasteiger partial charge in [0, 0.05) is 18.8 Å². The van der Waals surface area contributed by atoms with Crippen molar-refractivity contribution in [3.8, 4) is 0 Å². The van der Waals surface area contributed by atoms with E-state index in [2.05, 4.69) is 9.97 Å². The molecule has 4 nitrogen and oxygen atoms in total. The van der Waals surface area contributed by atoms with E-state index in [-0.39, 0.29) is 6.61 Å². The number of H-pyrrole nitrogens is 1. The van der Waals surface area contributed by atoms with E-state index in [1.54, 1.807) is 12.4 Å². The Hall–Kier alpha value is -0.870. The number of aliphatic hydroxyl groups excluding tert-OH is 2. The van der Waals surface area contributed by atoms with Crippen LogP contribution in [-0.4, -0.2) is 32.9 Å². The Morgan fingerprint density at radius 3 is 3.00 bits per heavy atom. The molecule has 0 amide bonds. The molecule has 0 spiro atoms. The minimum Gasteiger partial charge on any atom is -0.394 e. The quantitative estimate of drug-likeness (QED) is 0.523. The van der Waals surface area contributed by atoms with E-state index in [1.165, 1.54) is 0 Å². The third-order valence-electron chi connectivity index (χ3n) is 1.19. The summed E-state index contributed by atoms with van der Waals surface area (Å²) in [5.74, 6) is 0.696. The fourth-order valence-corrected chi connectivity index (χ4v) is 0.697. The average Bonchev–Trinajstić information content (AvgIpc) is 2.40. The van der Waals surface area contributed by atoms with Crippen LogP contribution in [-0.2, 0) is 6.42 Å². The first-order valence-electron chi connectivity index (χ1n) is 3.10. The average molecular weight is 142 g/mol. The molecular formula is C6H10N2O2. The summed E-state index contributed by atoms with van der Waals surface area (Å²) in [7, 11) is 0. The van der Waals surface area contributed by atoms with Gasteiger partial charge in [-0.3, -0.25) is 0 Å². The van der Waals surface area contributed by atoms with E-state index in [1.807, 2.05) is 0 Å². The molecule has 1 aromatic heterocycles. The Morgan fingerprint density at radius 1 is 1.70 bits per heavy atom. The molecule has 0 bridgehead atoms. The van der Waals surface area contributed by atoms with Crippen LogP contribution in [0.1, 0.15) is 5.82 Å². The maximum Gasteiger partial charge on any atom is 0.108 e. The van der Waals surface area contributed by atoms with Crippen LogP contribution >= 0.6 is 0 Å². The van der Waals surface area contributed by atoms with Gasteiger partial charge in [0.2, 0.25) is 0 Å². The van der Waals surface area contributed by atoms with Crippen LogP contribution in [0.2, 0.25) is 0 Å². The molecule has 1 aromatic rings. The molecule has 3 N–H and O–H groups in total. The Bertz CT molecular complexity index is 174. The topological polar surface area (TPSA) is 69.1 Å². The summed E-state index contributed by atoms with van der Waals surface area (Å²) in [5, 5.41) is 17.4. The number of hydrogen-bond acceptors (Lipinski definition) is 3. The van der Waals surface area contributed by atoms with Crippen LogP contribution < -0.4 is 0 Å². The Morgan fingerprint density at radius 2 is 2.50 bits per heavy atom. The van der Waals surface area contributed by atoms with Crippen molar-refractivity contribution < 1.29 is 10.2 Å². The van der Waals surface area contributed by atoms with Crippen LogP contribution in [0.15, 0.2) is 12.4 Å². The lowest BCUT2D eigenvalue weighted by atomic mass is 10.2. The summed E-state index contributed by atoms with van der Waals surface area (Å²) in [6, 6.07) is 0. The molecule has 0 saturated heterocycles. The second kappa shape index (κ2) is 3.34. The molecule has 1 rings (SSSR count). The smallest absolute Gasteiger partial charge is 0.108 e. The molecule has 0 aromatic carbocycles. The Labute approximate surface area is 58.5 Å². The van der Waals surface area contributed by atoms with Crippen molar-refractivity contribution in [3.05, 3.63) is 18.2 Å². The number of aromatic amines is 1. The van der Waals surface area contributed by atoms with Crippen molar-refractivity contribution in [2.45, 2.75) is 12.5 Å². The molecule has 56 valence electrons. The van der Waals surface area contributed by atoms with Crippen molar-refractivity contribution in [2.75, 3.05) is 6.61 Å². The predicted molar refractivity (Wildman–Crippen MR) is 35.4 cm³/mol. The van der Waals surface area contributed by atoms with E-state index in [4.69, 9.17) is 10.2 Å². The first-order chi connectivity index (χ1) is 4.83. The summed E-state index contributed by atoms with van der Waals surface area (Å²) < 4.78 is 0. The lowest BCUT2D eigenvalue weighted by Gasteiger charge is -2.02. The zero-order valence-corrected chi connectivity index (χ0v) is 5.49. The zero-order valence-electron chi connectivity index (χ0n) is 5.49. The van der Waals surface area contributed by atoms with Crippen molar-refractivity contribution in [1.29, 1.82) is 0 Å². The van der Waals surface area contributed by atoms with Crippen molar-refractivity contribution in [1.82, 2.24) is 9.97 Å². The molecule has 1 heterocycles. The van der Waals surface area contributed by atoms with Crippen LogP contribution in [0, 0.1) is 0 Å². The third kappa shape index (κ3) is 1.82. The number of nitrogens with zero attached hydrogens (tertiary/aromatic N) is 1. The predicted octanol–water partition coefficient (Wildman–Crippen LogP) is -0.695. The number of aromatic nitrogens is 2. The number of rotatable bonds is 3. The number of nitrogens with one attached hydrogen (secondary N) is 1. The summed E-state index contributed by atoms with van der Waals surface area (Å²) in [4.78, 5) is 6.70. The second-order valence-corrected chi connectivity index (χ2v) is 2.08. The van der Waals surface area contributed by atoms with Crippen LogP contribution in [0.3, 0.4) is 0 Å².